The van der Waals surface area contributed by atoms with Gasteiger partial charge in [0.05, 0.1) is 6.61 Å². The Kier molecular flexibility index (Phi) is 6.51. The van der Waals surface area contributed by atoms with Crippen molar-refractivity contribution < 1.29 is 5.11 Å². The van der Waals surface area contributed by atoms with Gasteiger partial charge in [-0.15, -0.1) is 0 Å². The van der Waals surface area contributed by atoms with Gasteiger partial charge in [-0.2, -0.15) is 0 Å². The van der Waals surface area contributed by atoms with Gasteiger partial charge in [-0.05, 0) is 70.9 Å². The average molecular weight is 296 g/mol. The van der Waals surface area contributed by atoms with Crippen LogP contribution in [0.2, 0.25) is 0 Å². The van der Waals surface area contributed by atoms with Crippen LogP contribution in [0.15, 0.2) is 0 Å². The van der Waals surface area contributed by atoms with E-state index in [1.165, 1.54) is 45.1 Å². The summed E-state index contributed by atoms with van der Waals surface area (Å²) in [6.45, 7) is 9.49. The molecule has 0 aromatic carbocycles. The first-order chi connectivity index (χ1) is 10.2. The summed E-state index contributed by atoms with van der Waals surface area (Å²) in [6.07, 6.45) is 10.1. The van der Waals surface area contributed by atoms with Crippen molar-refractivity contribution in [2.45, 2.75) is 89.8 Å². The van der Waals surface area contributed by atoms with Crippen molar-refractivity contribution in [1.29, 1.82) is 0 Å². The molecule has 1 saturated heterocycles. The minimum absolute atomic E-state index is 0.0146. The first-order valence-electron chi connectivity index (χ1n) is 9.28. The van der Waals surface area contributed by atoms with Gasteiger partial charge in [-0.3, -0.25) is 4.90 Å². The van der Waals surface area contributed by atoms with Crippen LogP contribution in [-0.4, -0.2) is 47.3 Å². The minimum Gasteiger partial charge on any atom is -0.394 e. The normalized spacial score (nSPS) is 37.4. The van der Waals surface area contributed by atoms with Crippen molar-refractivity contribution in [3.05, 3.63) is 0 Å². The number of hydrogen-bond acceptors (Lipinski definition) is 3. The monoisotopic (exact) mass is 296 g/mol. The molecule has 0 spiro atoms. The van der Waals surface area contributed by atoms with Crippen LogP contribution in [0.5, 0.6) is 0 Å². The SMILES string of the molecule is CCCNC1(CO)CCCC1CCN1C(C)CCC1CC. The van der Waals surface area contributed by atoms with Gasteiger partial charge in [-0.1, -0.05) is 20.3 Å². The molecule has 3 nitrogen and oxygen atoms in total. The van der Waals surface area contributed by atoms with Crippen LogP contribution in [0.4, 0.5) is 0 Å². The second-order valence-corrected chi connectivity index (χ2v) is 7.35. The predicted molar refractivity (Wildman–Crippen MR) is 89.5 cm³/mol. The highest BCUT2D eigenvalue weighted by atomic mass is 16.3. The van der Waals surface area contributed by atoms with Gasteiger partial charge in [0.15, 0.2) is 0 Å². The zero-order chi connectivity index (χ0) is 15.3. The smallest absolute Gasteiger partial charge is 0.0616 e. The summed E-state index contributed by atoms with van der Waals surface area (Å²) in [4.78, 5) is 2.74. The largest absolute Gasteiger partial charge is 0.394 e. The molecule has 4 unspecified atom stereocenters. The van der Waals surface area contributed by atoms with E-state index in [4.69, 9.17) is 0 Å². The number of aliphatic hydroxyl groups is 1. The highest BCUT2D eigenvalue weighted by Gasteiger charge is 2.42. The van der Waals surface area contributed by atoms with Crippen LogP contribution in [0.3, 0.4) is 0 Å². The van der Waals surface area contributed by atoms with Crippen LogP contribution >= 0.6 is 0 Å². The molecular formula is C18H36N2O. The number of hydrogen-bond donors (Lipinski definition) is 2. The lowest BCUT2D eigenvalue weighted by molar-refractivity contribution is 0.104. The third-order valence-electron chi connectivity index (χ3n) is 6.13. The van der Waals surface area contributed by atoms with Crippen LogP contribution in [0, 0.1) is 5.92 Å². The number of aliphatic hydroxyl groups excluding tert-OH is 1. The Morgan fingerprint density at radius 1 is 1.24 bits per heavy atom. The number of likely N-dealkylation sites (tertiary alicyclic amines) is 1. The van der Waals surface area contributed by atoms with Crippen molar-refractivity contribution in [2.75, 3.05) is 19.7 Å². The van der Waals surface area contributed by atoms with E-state index in [1.54, 1.807) is 0 Å². The van der Waals surface area contributed by atoms with Crippen molar-refractivity contribution in [2.24, 2.45) is 5.92 Å². The first kappa shape index (κ1) is 17.2. The van der Waals surface area contributed by atoms with Gasteiger partial charge in [0.1, 0.15) is 0 Å². The number of rotatable bonds is 8. The quantitative estimate of drug-likeness (QED) is 0.722. The maximum Gasteiger partial charge on any atom is 0.0616 e. The van der Waals surface area contributed by atoms with Crippen molar-refractivity contribution in [3.8, 4) is 0 Å². The third-order valence-corrected chi connectivity index (χ3v) is 6.13. The minimum atomic E-state index is 0.0146. The topological polar surface area (TPSA) is 35.5 Å². The lowest BCUT2D eigenvalue weighted by atomic mass is 9.85. The van der Waals surface area contributed by atoms with Crippen molar-refractivity contribution in [3.63, 3.8) is 0 Å². The second-order valence-electron chi connectivity index (χ2n) is 7.35. The summed E-state index contributed by atoms with van der Waals surface area (Å²) < 4.78 is 0. The fraction of sp³-hybridized carbons (Fsp3) is 1.00. The molecule has 0 radical (unpaired) electrons. The molecule has 1 saturated carbocycles. The summed E-state index contributed by atoms with van der Waals surface area (Å²) in [5.41, 5.74) is 0.0146. The molecule has 2 fully saturated rings. The van der Waals surface area contributed by atoms with Crippen LogP contribution < -0.4 is 5.32 Å². The molecule has 4 atom stereocenters. The average Bonchev–Trinajstić information content (AvgIpc) is 3.07. The molecule has 3 heteroatoms. The Hall–Kier alpha value is -0.120. The zero-order valence-electron chi connectivity index (χ0n) is 14.4. The lowest BCUT2D eigenvalue weighted by Crippen LogP contribution is -2.52. The molecule has 0 aromatic heterocycles. The van der Waals surface area contributed by atoms with Gasteiger partial charge < -0.3 is 10.4 Å². The Morgan fingerprint density at radius 2 is 2.05 bits per heavy atom. The standard InChI is InChI=1S/C18H36N2O/c1-4-12-19-18(14-21)11-6-7-16(18)10-13-20-15(3)8-9-17(20)5-2/h15-17,19,21H,4-14H2,1-3H3. The molecular weight excluding hydrogens is 260 g/mol. The van der Waals surface area contributed by atoms with E-state index < -0.39 is 0 Å². The Balaban J connectivity index is 1.91. The van der Waals surface area contributed by atoms with Gasteiger partial charge in [0.2, 0.25) is 0 Å². The second kappa shape index (κ2) is 7.94. The first-order valence-corrected chi connectivity index (χ1v) is 9.28. The number of nitrogens with one attached hydrogen (secondary N) is 1. The van der Waals surface area contributed by atoms with E-state index in [2.05, 4.69) is 31.0 Å². The summed E-state index contributed by atoms with van der Waals surface area (Å²) >= 11 is 0. The summed E-state index contributed by atoms with van der Waals surface area (Å²) in [7, 11) is 0. The van der Waals surface area contributed by atoms with Crippen LogP contribution in [-0.2, 0) is 0 Å². The molecule has 1 aliphatic heterocycles. The summed E-state index contributed by atoms with van der Waals surface area (Å²) in [5.74, 6) is 0.652. The predicted octanol–water partition coefficient (Wildman–Crippen LogP) is 3.17. The fourth-order valence-corrected chi connectivity index (χ4v) is 4.71. The molecule has 2 N–H and O–H groups in total. The van der Waals surface area contributed by atoms with Gasteiger partial charge in [0, 0.05) is 17.6 Å². The van der Waals surface area contributed by atoms with Gasteiger partial charge in [-0.25, -0.2) is 0 Å². The molecule has 1 aliphatic carbocycles. The van der Waals surface area contributed by atoms with E-state index >= 15 is 0 Å². The van der Waals surface area contributed by atoms with Gasteiger partial charge >= 0.3 is 0 Å². The van der Waals surface area contributed by atoms with Crippen molar-refractivity contribution in [1.82, 2.24) is 10.2 Å². The van der Waals surface area contributed by atoms with Crippen LogP contribution in [0.1, 0.15) is 72.1 Å². The molecule has 0 amide bonds. The number of nitrogens with zero attached hydrogens (tertiary/aromatic N) is 1. The van der Waals surface area contributed by atoms with E-state index in [0.29, 0.717) is 12.5 Å². The van der Waals surface area contributed by atoms with E-state index in [9.17, 15) is 5.11 Å². The molecule has 2 aliphatic rings. The summed E-state index contributed by atoms with van der Waals surface area (Å²) in [6, 6.07) is 1.55. The van der Waals surface area contributed by atoms with E-state index in [1.807, 2.05) is 0 Å². The zero-order valence-corrected chi connectivity index (χ0v) is 14.4. The maximum absolute atomic E-state index is 9.98. The molecule has 21 heavy (non-hydrogen) atoms. The van der Waals surface area contributed by atoms with Crippen LogP contribution in [0.25, 0.3) is 0 Å². The summed E-state index contributed by atoms with van der Waals surface area (Å²) in [5, 5.41) is 13.7. The molecule has 0 bridgehead atoms. The Labute approximate surface area is 131 Å². The van der Waals surface area contributed by atoms with Crippen molar-refractivity contribution >= 4 is 0 Å². The molecule has 2 rings (SSSR count). The molecule has 124 valence electrons. The van der Waals surface area contributed by atoms with E-state index in [-0.39, 0.29) is 5.54 Å². The third kappa shape index (κ3) is 3.80. The maximum atomic E-state index is 9.98. The fourth-order valence-electron chi connectivity index (χ4n) is 4.71. The highest BCUT2D eigenvalue weighted by molar-refractivity contribution is 4.99. The molecule has 1 heterocycles. The van der Waals surface area contributed by atoms with Gasteiger partial charge in [0.25, 0.3) is 0 Å². The van der Waals surface area contributed by atoms with E-state index in [0.717, 1.165) is 31.5 Å². The highest BCUT2D eigenvalue weighted by Crippen LogP contribution is 2.38. The molecule has 0 aromatic rings. The Morgan fingerprint density at radius 3 is 2.71 bits per heavy atom. The Bertz CT molecular complexity index is 310. The lowest BCUT2D eigenvalue weighted by Gasteiger charge is -2.37.